The van der Waals surface area contributed by atoms with Crippen LogP contribution in [-0.4, -0.2) is 67.2 Å². The molecule has 0 aliphatic heterocycles. The van der Waals surface area contributed by atoms with E-state index in [9.17, 15) is 14.7 Å². The summed E-state index contributed by atoms with van der Waals surface area (Å²) in [5.74, 6) is -0.349. The molecule has 2 aromatic carbocycles. The molecule has 1 atom stereocenters. The van der Waals surface area contributed by atoms with Gasteiger partial charge in [-0.25, -0.2) is 9.59 Å². The molecule has 0 spiro atoms. The summed E-state index contributed by atoms with van der Waals surface area (Å²) in [6.45, 7) is 4.06. The molecule has 0 aromatic heterocycles. The number of carbonyl (C=O) groups excluding carboxylic acids is 1. The van der Waals surface area contributed by atoms with Crippen LogP contribution < -0.4 is 4.74 Å². The van der Waals surface area contributed by atoms with Crippen LogP contribution >= 0.6 is 23.2 Å². The summed E-state index contributed by atoms with van der Waals surface area (Å²) in [6, 6.07) is 12.5. The lowest BCUT2D eigenvalue weighted by Gasteiger charge is -2.27. The SMILES string of the molecule is CCOC(Cc1ccc(OCCN(CCCOCc2cc(Cl)cc(Cl)c2)C(=O)OC2CCCCC2)cc1)C(=O)O. The summed E-state index contributed by atoms with van der Waals surface area (Å²) in [4.78, 5) is 26.0. The largest absolute Gasteiger partial charge is 0.492 e. The molecule has 0 radical (unpaired) electrons. The van der Waals surface area contributed by atoms with Crippen molar-refractivity contribution in [1.82, 2.24) is 4.90 Å². The zero-order chi connectivity index (χ0) is 28.7. The number of carbonyl (C=O) groups is 2. The molecule has 10 heteroatoms. The highest BCUT2D eigenvalue weighted by Gasteiger charge is 2.22. The molecule has 1 aliphatic carbocycles. The van der Waals surface area contributed by atoms with E-state index < -0.39 is 12.1 Å². The topological polar surface area (TPSA) is 94.5 Å². The van der Waals surface area contributed by atoms with Gasteiger partial charge in [0.25, 0.3) is 0 Å². The number of hydrogen-bond acceptors (Lipinski definition) is 6. The summed E-state index contributed by atoms with van der Waals surface area (Å²) in [5.41, 5.74) is 1.73. The highest BCUT2D eigenvalue weighted by Crippen LogP contribution is 2.22. The summed E-state index contributed by atoms with van der Waals surface area (Å²) in [5, 5.41) is 10.4. The van der Waals surface area contributed by atoms with Crippen molar-refractivity contribution in [3.05, 3.63) is 63.6 Å². The average Bonchev–Trinajstić information content (AvgIpc) is 2.92. The molecule has 1 amide bonds. The molecule has 1 unspecified atom stereocenters. The second-order valence-corrected chi connectivity index (χ2v) is 10.7. The molecule has 40 heavy (non-hydrogen) atoms. The second-order valence-electron chi connectivity index (χ2n) is 9.79. The van der Waals surface area contributed by atoms with Crippen LogP contribution in [0.25, 0.3) is 0 Å². The van der Waals surface area contributed by atoms with Crippen LogP contribution in [0, 0.1) is 0 Å². The molecule has 1 N–H and O–H groups in total. The van der Waals surface area contributed by atoms with Crippen LogP contribution in [0.5, 0.6) is 5.75 Å². The summed E-state index contributed by atoms with van der Waals surface area (Å²) < 4.78 is 22.8. The highest BCUT2D eigenvalue weighted by atomic mass is 35.5. The van der Waals surface area contributed by atoms with Crippen LogP contribution in [0.1, 0.15) is 56.6 Å². The zero-order valence-corrected chi connectivity index (χ0v) is 24.5. The smallest absolute Gasteiger partial charge is 0.410 e. The number of carboxylic acids is 1. The number of halogens is 2. The third-order valence-corrected chi connectivity index (χ3v) is 7.04. The van der Waals surface area contributed by atoms with Crippen LogP contribution in [-0.2, 0) is 32.0 Å². The second kappa shape index (κ2) is 17.3. The van der Waals surface area contributed by atoms with Crippen molar-refractivity contribution in [3.8, 4) is 5.75 Å². The van der Waals surface area contributed by atoms with E-state index in [1.165, 1.54) is 6.42 Å². The molecule has 0 heterocycles. The molecule has 0 bridgehead atoms. The Balaban J connectivity index is 1.48. The molecule has 1 fully saturated rings. The average molecular weight is 597 g/mol. The Morgan fingerprint density at radius 3 is 2.33 bits per heavy atom. The van der Waals surface area contributed by atoms with Gasteiger partial charge in [-0.2, -0.15) is 0 Å². The Labute approximate surface area is 246 Å². The Morgan fingerprint density at radius 1 is 0.975 bits per heavy atom. The number of nitrogens with zero attached hydrogens (tertiary/aromatic N) is 1. The third-order valence-electron chi connectivity index (χ3n) is 6.60. The van der Waals surface area contributed by atoms with Crippen LogP contribution in [0.3, 0.4) is 0 Å². The van der Waals surface area contributed by atoms with E-state index in [1.54, 1.807) is 30.0 Å². The normalized spacial score (nSPS) is 14.5. The number of carboxylic acid groups (broad SMARTS) is 1. The Hall–Kier alpha value is -2.52. The first kappa shape index (κ1) is 32.0. The van der Waals surface area contributed by atoms with Crippen LogP contribution in [0.2, 0.25) is 10.0 Å². The van der Waals surface area contributed by atoms with Crippen molar-refractivity contribution in [3.63, 3.8) is 0 Å². The Kier molecular flexibility index (Phi) is 13.9. The van der Waals surface area contributed by atoms with Gasteiger partial charge < -0.3 is 29.0 Å². The molecular weight excluding hydrogens is 557 g/mol. The quantitative estimate of drug-likeness (QED) is 0.214. The minimum atomic E-state index is -0.985. The van der Waals surface area contributed by atoms with E-state index in [-0.39, 0.29) is 25.2 Å². The van der Waals surface area contributed by atoms with Gasteiger partial charge in [0.05, 0.1) is 13.2 Å². The lowest BCUT2D eigenvalue weighted by atomic mass is 9.98. The number of hydrogen-bond donors (Lipinski definition) is 1. The fraction of sp³-hybridized carbons (Fsp3) is 0.533. The van der Waals surface area contributed by atoms with E-state index in [2.05, 4.69) is 0 Å². The molecular formula is C30H39Cl2NO7. The van der Waals surface area contributed by atoms with Gasteiger partial charge in [0.2, 0.25) is 0 Å². The number of benzene rings is 2. The molecule has 1 saturated carbocycles. The third kappa shape index (κ3) is 11.5. The number of amides is 1. The van der Waals surface area contributed by atoms with E-state index >= 15 is 0 Å². The van der Waals surface area contributed by atoms with E-state index in [1.807, 2.05) is 24.3 Å². The maximum atomic E-state index is 13.0. The first-order chi connectivity index (χ1) is 19.3. The van der Waals surface area contributed by atoms with Gasteiger partial charge >= 0.3 is 12.1 Å². The maximum absolute atomic E-state index is 13.0. The zero-order valence-electron chi connectivity index (χ0n) is 23.0. The lowest BCUT2D eigenvalue weighted by Crippen LogP contribution is -2.38. The molecule has 2 aromatic rings. The fourth-order valence-electron chi connectivity index (χ4n) is 4.56. The number of aliphatic carboxylic acids is 1. The van der Waals surface area contributed by atoms with Gasteiger partial charge in [0.15, 0.2) is 6.10 Å². The highest BCUT2D eigenvalue weighted by molar-refractivity contribution is 6.34. The predicted octanol–water partition coefficient (Wildman–Crippen LogP) is 6.78. The first-order valence-corrected chi connectivity index (χ1v) is 14.6. The maximum Gasteiger partial charge on any atom is 0.410 e. The molecule has 0 saturated heterocycles. The standard InChI is InChI=1S/C30H39Cl2NO7/c1-2-38-28(29(34)35)19-22-9-11-26(12-10-22)39-16-14-33(30(36)40-27-7-4-3-5-8-27)13-6-15-37-21-23-17-24(31)20-25(32)18-23/h9-12,17-18,20,27-28H,2-8,13-16,19,21H2,1H3,(H,34,35). The Bertz CT molecular complexity index is 1040. The van der Waals surface area contributed by atoms with Crippen molar-refractivity contribution in [2.24, 2.45) is 0 Å². The summed E-state index contributed by atoms with van der Waals surface area (Å²) >= 11 is 12.1. The van der Waals surface area contributed by atoms with Crippen molar-refractivity contribution in [2.75, 3.05) is 32.9 Å². The van der Waals surface area contributed by atoms with Gasteiger partial charge in [0, 0.05) is 36.2 Å². The van der Waals surface area contributed by atoms with Gasteiger partial charge in [0.1, 0.15) is 18.5 Å². The minimum Gasteiger partial charge on any atom is -0.492 e. The number of rotatable bonds is 16. The van der Waals surface area contributed by atoms with E-state index in [0.29, 0.717) is 55.1 Å². The van der Waals surface area contributed by atoms with Crippen molar-refractivity contribution < 1.29 is 33.6 Å². The van der Waals surface area contributed by atoms with E-state index in [0.717, 1.165) is 36.8 Å². The minimum absolute atomic E-state index is 0.0349. The van der Waals surface area contributed by atoms with Gasteiger partial charge in [-0.15, -0.1) is 0 Å². The summed E-state index contributed by atoms with van der Waals surface area (Å²) in [6.07, 6.45) is 4.81. The van der Waals surface area contributed by atoms with Gasteiger partial charge in [-0.05, 0) is 80.5 Å². The molecule has 220 valence electrons. The van der Waals surface area contributed by atoms with Gasteiger partial charge in [-0.1, -0.05) is 41.8 Å². The molecule has 8 nitrogen and oxygen atoms in total. The lowest BCUT2D eigenvalue weighted by molar-refractivity contribution is -0.149. The monoisotopic (exact) mass is 595 g/mol. The fourth-order valence-corrected chi connectivity index (χ4v) is 5.14. The predicted molar refractivity (Wildman–Crippen MR) is 154 cm³/mol. The van der Waals surface area contributed by atoms with Crippen molar-refractivity contribution in [1.29, 1.82) is 0 Å². The van der Waals surface area contributed by atoms with Crippen LogP contribution in [0.4, 0.5) is 4.79 Å². The first-order valence-electron chi connectivity index (χ1n) is 13.9. The van der Waals surface area contributed by atoms with E-state index in [4.69, 9.17) is 42.1 Å². The molecule has 3 rings (SSSR count). The van der Waals surface area contributed by atoms with Crippen molar-refractivity contribution >= 4 is 35.3 Å². The van der Waals surface area contributed by atoms with Crippen molar-refractivity contribution in [2.45, 2.75) is 70.7 Å². The Morgan fingerprint density at radius 2 is 1.68 bits per heavy atom. The van der Waals surface area contributed by atoms with Gasteiger partial charge in [-0.3, -0.25) is 0 Å². The number of ether oxygens (including phenoxy) is 4. The summed E-state index contributed by atoms with van der Waals surface area (Å²) in [7, 11) is 0. The van der Waals surface area contributed by atoms with Crippen LogP contribution in [0.15, 0.2) is 42.5 Å². The molecule has 1 aliphatic rings.